The van der Waals surface area contributed by atoms with Gasteiger partial charge in [0.2, 0.25) is 5.75 Å². The molecule has 2 rings (SSSR count). The van der Waals surface area contributed by atoms with Crippen LogP contribution in [-0.4, -0.2) is 48.0 Å². The average Bonchev–Trinajstić information content (AvgIpc) is 2.72. The molecule has 0 aromatic heterocycles. The molecule has 1 N–H and O–H groups in total. The lowest BCUT2D eigenvalue weighted by Gasteiger charge is -2.11. The maximum Gasteiger partial charge on any atom is 0.311 e. The summed E-state index contributed by atoms with van der Waals surface area (Å²) in [5.74, 6) is 0.592. The molecule has 11 nitrogen and oxygen atoms in total. The molecule has 0 aliphatic rings. The van der Waals surface area contributed by atoms with Crippen LogP contribution in [0.1, 0.15) is 5.56 Å². The first-order valence-corrected chi connectivity index (χ1v) is 9.43. The Labute approximate surface area is 167 Å². The number of hydrogen-bond donors (Lipinski definition) is 1. The number of methoxy groups -OCH3 is 4. The molecule has 0 unspecified atom stereocenters. The third kappa shape index (κ3) is 4.85. The van der Waals surface area contributed by atoms with Gasteiger partial charge in [-0.1, -0.05) is 0 Å². The molecule has 0 aliphatic carbocycles. The minimum atomic E-state index is -4.12. The van der Waals surface area contributed by atoms with Crippen molar-refractivity contribution in [2.75, 3.05) is 28.4 Å². The summed E-state index contributed by atoms with van der Waals surface area (Å²) in [4.78, 5) is 12.4. The SMILES string of the molecule is COc1ccc(OC)c(S(=O)(=O)N/N=C/c2cc([N+](=O)[O-])c(OC)cc2OC)c1. The molecule has 0 bridgehead atoms. The van der Waals surface area contributed by atoms with Crippen molar-refractivity contribution in [2.24, 2.45) is 5.10 Å². The zero-order valence-electron chi connectivity index (χ0n) is 16.0. The molecule has 0 aliphatic heterocycles. The summed E-state index contributed by atoms with van der Waals surface area (Å²) in [6.07, 6.45) is 1.08. The number of nitro benzene ring substituents is 1. The summed E-state index contributed by atoms with van der Waals surface area (Å²) in [5, 5.41) is 14.9. The Bertz CT molecular complexity index is 1040. The van der Waals surface area contributed by atoms with Crippen molar-refractivity contribution < 1.29 is 32.3 Å². The first-order chi connectivity index (χ1) is 13.8. The fourth-order valence-corrected chi connectivity index (χ4v) is 3.34. The van der Waals surface area contributed by atoms with Gasteiger partial charge in [-0.05, 0) is 12.1 Å². The van der Waals surface area contributed by atoms with Gasteiger partial charge in [-0.3, -0.25) is 10.1 Å². The van der Waals surface area contributed by atoms with E-state index in [0.717, 1.165) is 12.3 Å². The topological polar surface area (TPSA) is 139 Å². The molecule has 0 saturated heterocycles. The van der Waals surface area contributed by atoms with Gasteiger partial charge in [0.15, 0.2) is 0 Å². The van der Waals surface area contributed by atoms with Crippen molar-refractivity contribution >= 4 is 21.9 Å². The number of nitrogens with one attached hydrogen (secondary N) is 1. The highest BCUT2D eigenvalue weighted by Crippen LogP contribution is 2.33. The van der Waals surface area contributed by atoms with Gasteiger partial charge in [-0.2, -0.15) is 18.4 Å². The van der Waals surface area contributed by atoms with E-state index in [4.69, 9.17) is 18.9 Å². The van der Waals surface area contributed by atoms with Crippen LogP contribution < -0.4 is 23.8 Å². The lowest BCUT2D eigenvalue weighted by Crippen LogP contribution is -2.19. The molecule has 156 valence electrons. The molecule has 0 spiro atoms. The highest BCUT2D eigenvalue weighted by atomic mass is 32.2. The zero-order chi connectivity index (χ0) is 21.6. The average molecular weight is 425 g/mol. The number of hydrogen-bond acceptors (Lipinski definition) is 9. The molecule has 0 fully saturated rings. The molecular formula is C17H19N3O8S. The van der Waals surface area contributed by atoms with E-state index >= 15 is 0 Å². The molecule has 0 radical (unpaired) electrons. The van der Waals surface area contributed by atoms with Gasteiger partial charge >= 0.3 is 5.69 Å². The van der Waals surface area contributed by atoms with E-state index in [1.54, 1.807) is 6.07 Å². The van der Waals surface area contributed by atoms with Crippen LogP contribution in [0.3, 0.4) is 0 Å². The maximum atomic E-state index is 12.6. The van der Waals surface area contributed by atoms with Crippen LogP contribution in [0, 0.1) is 10.1 Å². The number of nitro groups is 1. The van der Waals surface area contributed by atoms with Gasteiger partial charge in [0.05, 0.1) is 39.6 Å². The number of nitrogens with zero attached hydrogens (tertiary/aromatic N) is 2. The summed E-state index contributed by atoms with van der Waals surface area (Å²) >= 11 is 0. The summed E-state index contributed by atoms with van der Waals surface area (Å²) in [5.41, 5.74) is -0.160. The minimum absolute atomic E-state index is 0.00861. The molecule has 12 heteroatoms. The highest BCUT2D eigenvalue weighted by Gasteiger charge is 2.21. The van der Waals surface area contributed by atoms with Crippen LogP contribution in [0.25, 0.3) is 0 Å². The Balaban J connectivity index is 2.38. The van der Waals surface area contributed by atoms with Crippen molar-refractivity contribution in [3.05, 3.63) is 46.0 Å². The Morgan fingerprint density at radius 3 is 2.17 bits per heavy atom. The quantitative estimate of drug-likeness (QED) is 0.365. The first-order valence-electron chi connectivity index (χ1n) is 7.94. The van der Waals surface area contributed by atoms with Crippen LogP contribution in [0.15, 0.2) is 40.3 Å². The fourth-order valence-electron chi connectivity index (χ4n) is 2.36. The largest absolute Gasteiger partial charge is 0.497 e. The zero-order valence-corrected chi connectivity index (χ0v) is 16.8. The van der Waals surface area contributed by atoms with E-state index in [-0.39, 0.29) is 33.4 Å². The third-order valence-electron chi connectivity index (χ3n) is 3.76. The molecule has 0 heterocycles. The van der Waals surface area contributed by atoms with Crippen molar-refractivity contribution in [3.8, 4) is 23.0 Å². The van der Waals surface area contributed by atoms with Crippen molar-refractivity contribution in [1.82, 2.24) is 4.83 Å². The third-order valence-corrected chi connectivity index (χ3v) is 5.01. The van der Waals surface area contributed by atoms with E-state index < -0.39 is 14.9 Å². The Morgan fingerprint density at radius 1 is 0.966 bits per heavy atom. The van der Waals surface area contributed by atoms with Gasteiger partial charge in [-0.25, -0.2) is 0 Å². The Morgan fingerprint density at radius 2 is 1.62 bits per heavy atom. The predicted octanol–water partition coefficient (Wildman–Crippen LogP) is 1.94. The number of rotatable bonds is 9. The van der Waals surface area contributed by atoms with Crippen molar-refractivity contribution in [3.63, 3.8) is 0 Å². The first kappa shape index (κ1) is 21.8. The summed E-state index contributed by atoms with van der Waals surface area (Å²) in [6.45, 7) is 0. The lowest BCUT2D eigenvalue weighted by molar-refractivity contribution is -0.385. The van der Waals surface area contributed by atoms with Crippen LogP contribution in [0.4, 0.5) is 5.69 Å². The number of sulfonamides is 1. The van der Waals surface area contributed by atoms with Gasteiger partial charge in [0.25, 0.3) is 10.0 Å². The second-order valence-corrected chi connectivity index (χ2v) is 7.02. The van der Waals surface area contributed by atoms with Gasteiger partial charge in [0, 0.05) is 23.8 Å². The van der Waals surface area contributed by atoms with Gasteiger partial charge in [-0.15, -0.1) is 0 Å². The summed E-state index contributed by atoms with van der Waals surface area (Å²) in [6, 6.07) is 6.71. The normalized spacial score (nSPS) is 11.2. The molecule has 0 amide bonds. The van der Waals surface area contributed by atoms with E-state index in [9.17, 15) is 18.5 Å². The standard InChI is InChI=1S/C17H19N3O8S/c1-25-12-5-6-14(26-2)17(8-12)29(23,24)19-18-10-11-7-13(20(21)22)16(28-4)9-15(11)27-3/h5-10,19H,1-4H3/b18-10+. The van der Waals surface area contributed by atoms with Gasteiger partial charge in [0.1, 0.15) is 22.1 Å². The second kappa shape index (κ2) is 9.10. The van der Waals surface area contributed by atoms with Crippen LogP contribution in [0.5, 0.6) is 23.0 Å². The smallest absolute Gasteiger partial charge is 0.311 e. The minimum Gasteiger partial charge on any atom is -0.497 e. The number of hydrazone groups is 1. The van der Waals surface area contributed by atoms with Crippen LogP contribution >= 0.6 is 0 Å². The van der Waals surface area contributed by atoms with E-state index in [2.05, 4.69) is 5.10 Å². The van der Waals surface area contributed by atoms with E-state index in [1.165, 1.54) is 46.6 Å². The van der Waals surface area contributed by atoms with Crippen LogP contribution in [0.2, 0.25) is 0 Å². The number of benzene rings is 2. The predicted molar refractivity (Wildman–Crippen MR) is 104 cm³/mol. The van der Waals surface area contributed by atoms with Crippen molar-refractivity contribution in [2.45, 2.75) is 4.90 Å². The fraction of sp³-hybridized carbons (Fsp3) is 0.235. The van der Waals surface area contributed by atoms with Crippen molar-refractivity contribution in [1.29, 1.82) is 0 Å². The Hall–Kier alpha value is -3.54. The second-order valence-electron chi connectivity index (χ2n) is 5.39. The monoisotopic (exact) mass is 425 g/mol. The molecule has 29 heavy (non-hydrogen) atoms. The molecule has 0 atom stereocenters. The van der Waals surface area contributed by atoms with E-state index in [0.29, 0.717) is 5.75 Å². The van der Waals surface area contributed by atoms with E-state index in [1.807, 2.05) is 4.83 Å². The summed E-state index contributed by atoms with van der Waals surface area (Å²) in [7, 11) is 1.24. The Kier molecular flexibility index (Phi) is 6.83. The van der Waals surface area contributed by atoms with Gasteiger partial charge < -0.3 is 18.9 Å². The maximum absolute atomic E-state index is 12.6. The lowest BCUT2D eigenvalue weighted by atomic mass is 10.1. The summed E-state index contributed by atoms with van der Waals surface area (Å²) < 4.78 is 45.4. The molecule has 0 saturated carbocycles. The molecule has 2 aromatic rings. The molecule has 2 aromatic carbocycles. The highest BCUT2D eigenvalue weighted by molar-refractivity contribution is 7.89. The van der Waals surface area contributed by atoms with Crippen LogP contribution in [-0.2, 0) is 10.0 Å². The number of ether oxygens (including phenoxy) is 4. The molecular weight excluding hydrogens is 406 g/mol.